The number of rotatable bonds is 6. The van der Waals surface area contributed by atoms with Crippen LogP contribution in [-0.4, -0.2) is 71.7 Å². The Morgan fingerprint density at radius 2 is 1.66 bits per heavy atom. The fourth-order valence-corrected chi connectivity index (χ4v) is 5.87. The van der Waals surface area contributed by atoms with E-state index in [2.05, 4.69) is 0 Å². The Labute approximate surface area is 204 Å². The number of methoxy groups -OCH3 is 3. The third-order valence-electron chi connectivity index (χ3n) is 6.30. The Hall–Kier alpha value is -3.31. The Kier molecular flexibility index (Phi) is 7.18. The summed E-state index contributed by atoms with van der Waals surface area (Å²) in [4.78, 5) is 27.2. The second-order valence-corrected chi connectivity index (χ2v) is 10.2. The topological polar surface area (TPSA) is 112 Å². The van der Waals surface area contributed by atoms with E-state index in [1.54, 1.807) is 35.2 Å². The number of ether oxygens (including phenoxy) is 4. The molecule has 1 amide bonds. The minimum atomic E-state index is -3.77. The molecule has 188 valence electrons. The van der Waals surface area contributed by atoms with Crippen LogP contribution in [0.1, 0.15) is 12.8 Å². The molecule has 1 atom stereocenters. The molecule has 0 spiro atoms. The number of anilines is 1. The summed E-state index contributed by atoms with van der Waals surface area (Å²) in [5.74, 6) is 0.0646. The number of nitrogens with zero attached hydrogens (tertiary/aromatic N) is 2. The molecule has 35 heavy (non-hydrogen) atoms. The number of amides is 1. The lowest BCUT2D eigenvalue weighted by Crippen LogP contribution is -2.51. The number of fused-ring (bicyclic) bond motifs is 1. The fourth-order valence-electron chi connectivity index (χ4n) is 4.39. The van der Waals surface area contributed by atoms with Crippen LogP contribution in [0.3, 0.4) is 0 Å². The molecule has 1 fully saturated rings. The largest absolute Gasteiger partial charge is 0.493 e. The number of carbonyl (C=O) groups excluding carboxylic acids is 2. The first-order valence-electron chi connectivity index (χ1n) is 11.2. The zero-order chi connectivity index (χ0) is 25.2. The Balaban J connectivity index is 1.48. The Morgan fingerprint density at radius 3 is 2.31 bits per heavy atom. The SMILES string of the molecule is COC(=O)C1CN(C(=O)C2CCN(S(=O)(=O)c3ccc(OC)c(OC)c3)CC2)c2ccccc2O1. The van der Waals surface area contributed by atoms with Crippen LogP contribution >= 0.6 is 0 Å². The van der Waals surface area contributed by atoms with Crippen molar-refractivity contribution in [3.8, 4) is 17.2 Å². The molecule has 2 aromatic rings. The van der Waals surface area contributed by atoms with Gasteiger partial charge in [0.1, 0.15) is 5.75 Å². The predicted octanol–water partition coefficient (Wildman–Crippen LogP) is 2.07. The molecular weight excluding hydrogens is 476 g/mol. The standard InChI is InChI=1S/C24H28N2O8S/c1-31-20-9-8-17(14-21(20)32-2)35(29,30)25-12-10-16(11-13-25)23(27)26-15-22(24(28)33-3)34-19-7-5-4-6-18(19)26/h4-9,14,16,22H,10-13,15H2,1-3H3. The lowest BCUT2D eigenvalue weighted by atomic mass is 9.95. The van der Waals surface area contributed by atoms with Gasteiger partial charge in [-0.3, -0.25) is 4.79 Å². The number of sulfonamides is 1. The smallest absolute Gasteiger partial charge is 0.348 e. The van der Waals surface area contributed by atoms with Crippen molar-refractivity contribution in [2.24, 2.45) is 5.92 Å². The highest BCUT2D eigenvalue weighted by Crippen LogP contribution is 2.36. The van der Waals surface area contributed by atoms with E-state index in [0.717, 1.165) is 0 Å². The highest BCUT2D eigenvalue weighted by atomic mass is 32.2. The third kappa shape index (κ3) is 4.78. The number of carbonyl (C=O) groups is 2. The second kappa shape index (κ2) is 10.1. The monoisotopic (exact) mass is 504 g/mol. The van der Waals surface area contributed by atoms with E-state index in [9.17, 15) is 18.0 Å². The average Bonchev–Trinajstić information content (AvgIpc) is 2.91. The molecule has 10 nitrogen and oxygen atoms in total. The van der Waals surface area contributed by atoms with Gasteiger partial charge in [-0.25, -0.2) is 13.2 Å². The summed E-state index contributed by atoms with van der Waals surface area (Å²) in [6.07, 6.45) is -0.217. The summed E-state index contributed by atoms with van der Waals surface area (Å²) in [6.45, 7) is 0.422. The minimum Gasteiger partial charge on any atom is -0.493 e. The van der Waals surface area contributed by atoms with Gasteiger partial charge in [0.2, 0.25) is 22.0 Å². The molecule has 2 aliphatic heterocycles. The summed E-state index contributed by atoms with van der Waals surface area (Å²) in [5, 5.41) is 0. The summed E-state index contributed by atoms with van der Waals surface area (Å²) < 4.78 is 48.8. The fraction of sp³-hybridized carbons (Fsp3) is 0.417. The lowest BCUT2D eigenvalue weighted by Gasteiger charge is -2.37. The molecule has 2 aromatic carbocycles. The van der Waals surface area contributed by atoms with Crippen molar-refractivity contribution in [2.75, 3.05) is 45.9 Å². The van der Waals surface area contributed by atoms with Gasteiger partial charge < -0.3 is 23.8 Å². The van der Waals surface area contributed by atoms with Gasteiger partial charge in [-0.2, -0.15) is 4.31 Å². The van der Waals surface area contributed by atoms with Crippen molar-refractivity contribution in [2.45, 2.75) is 23.8 Å². The number of esters is 1. The van der Waals surface area contributed by atoms with Gasteiger partial charge >= 0.3 is 5.97 Å². The maximum atomic E-state index is 13.5. The van der Waals surface area contributed by atoms with Gasteiger partial charge in [0.15, 0.2) is 11.5 Å². The summed E-state index contributed by atoms with van der Waals surface area (Å²) >= 11 is 0. The number of piperidine rings is 1. The van der Waals surface area contributed by atoms with Crippen LogP contribution in [0.2, 0.25) is 0 Å². The van der Waals surface area contributed by atoms with Gasteiger partial charge in [0, 0.05) is 25.1 Å². The van der Waals surface area contributed by atoms with Crippen LogP contribution in [0.4, 0.5) is 5.69 Å². The van der Waals surface area contributed by atoms with Crippen LogP contribution in [0, 0.1) is 5.92 Å². The molecule has 0 aromatic heterocycles. The number of para-hydroxylation sites is 2. The van der Waals surface area contributed by atoms with Crippen LogP contribution < -0.4 is 19.1 Å². The van der Waals surface area contributed by atoms with Crippen LogP contribution in [0.15, 0.2) is 47.4 Å². The van der Waals surface area contributed by atoms with Crippen molar-refractivity contribution in [3.05, 3.63) is 42.5 Å². The maximum Gasteiger partial charge on any atom is 0.348 e. The molecule has 0 radical (unpaired) electrons. The van der Waals surface area contributed by atoms with E-state index in [1.807, 2.05) is 0 Å². The Bertz CT molecular complexity index is 1210. The van der Waals surface area contributed by atoms with Crippen molar-refractivity contribution in [1.29, 1.82) is 0 Å². The normalized spacial score (nSPS) is 18.8. The van der Waals surface area contributed by atoms with Gasteiger partial charge in [-0.1, -0.05) is 12.1 Å². The molecule has 11 heteroatoms. The van der Waals surface area contributed by atoms with Crippen LogP contribution in [-0.2, 0) is 24.3 Å². The number of hydrogen-bond acceptors (Lipinski definition) is 8. The van der Waals surface area contributed by atoms with Crippen molar-refractivity contribution in [1.82, 2.24) is 4.31 Å². The summed E-state index contributed by atoms with van der Waals surface area (Å²) in [5.41, 5.74) is 0.582. The third-order valence-corrected chi connectivity index (χ3v) is 8.19. The van der Waals surface area contributed by atoms with Crippen LogP contribution in [0.25, 0.3) is 0 Å². The van der Waals surface area contributed by atoms with Gasteiger partial charge in [0.05, 0.1) is 38.5 Å². The van der Waals surface area contributed by atoms with Crippen LogP contribution in [0.5, 0.6) is 17.2 Å². The van der Waals surface area contributed by atoms with Gasteiger partial charge in [-0.15, -0.1) is 0 Å². The highest BCUT2D eigenvalue weighted by molar-refractivity contribution is 7.89. The van der Waals surface area contributed by atoms with Gasteiger partial charge in [-0.05, 0) is 37.1 Å². The zero-order valence-corrected chi connectivity index (χ0v) is 20.6. The molecule has 4 rings (SSSR count). The van der Waals surface area contributed by atoms with Gasteiger partial charge in [0.25, 0.3) is 0 Å². The van der Waals surface area contributed by atoms with E-state index in [4.69, 9.17) is 18.9 Å². The van der Waals surface area contributed by atoms with Crippen molar-refractivity contribution < 1.29 is 37.0 Å². The van der Waals surface area contributed by atoms with E-state index in [-0.39, 0.29) is 30.4 Å². The summed E-state index contributed by atoms with van der Waals surface area (Å²) in [6, 6.07) is 11.5. The number of hydrogen-bond donors (Lipinski definition) is 0. The van der Waals surface area contributed by atoms with E-state index >= 15 is 0 Å². The van der Waals surface area contributed by atoms with E-state index < -0.39 is 28.0 Å². The molecule has 1 saturated heterocycles. The summed E-state index contributed by atoms with van der Waals surface area (Å²) in [7, 11) is 0.421. The maximum absolute atomic E-state index is 13.5. The molecule has 2 aliphatic rings. The van der Waals surface area contributed by atoms with Crippen molar-refractivity contribution in [3.63, 3.8) is 0 Å². The molecule has 0 aliphatic carbocycles. The molecular formula is C24H28N2O8S. The highest BCUT2D eigenvalue weighted by Gasteiger charge is 2.39. The predicted molar refractivity (Wildman–Crippen MR) is 126 cm³/mol. The minimum absolute atomic E-state index is 0.0344. The van der Waals surface area contributed by atoms with E-state index in [1.165, 1.54) is 37.8 Å². The quantitative estimate of drug-likeness (QED) is 0.550. The molecule has 0 saturated carbocycles. The number of benzene rings is 2. The molecule has 2 heterocycles. The van der Waals surface area contributed by atoms with Crippen molar-refractivity contribution >= 4 is 27.6 Å². The zero-order valence-electron chi connectivity index (χ0n) is 19.8. The first kappa shape index (κ1) is 24.8. The lowest BCUT2D eigenvalue weighted by molar-refractivity contribution is -0.148. The molecule has 0 bridgehead atoms. The Morgan fingerprint density at radius 1 is 0.971 bits per heavy atom. The average molecular weight is 505 g/mol. The first-order chi connectivity index (χ1) is 16.8. The molecule has 1 unspecified atom stereocenters. The van der Waals surface area contributed by atoms with E-state index in [0.29, 0.717) is 35.8 Å². The first-order valence-corrected chi connectivity index (χ1v) is 12.6. The second-order valence-electron chi connectivity index (χ2n) is 8.24. The molecule has 0 N–H and O–H groups in total.